The second-order valence-corrected chi connectivity index (χ2v) is 8.70. The standard InChI is InChI=1S/C26H23NO3S/c1-17-7-11-19(12-8-17)25(29)26(20-13-9-18(2)10-14-20)30-24(28)16-15-23-27-21-5-3-4-6-22(21)31-23/h3-14,26H,15-16H2,1-2H3/t26-/m0/s1. The lowest BCUT2D eigenvalue weighted by Gasteiger charge is -2.18. The molecule has 3 aromatic carbocycles. The average molecular weight is 430 g/mol. The molecule has 156 valence electrons. The summed E-state index contributed by atoms with van der Waals surface area (Å²) >= 11 is 1.57. The van der Waals surface area contributed by atoms with Crippen LogP contribution < -0.4 is 0 Å². The number of para-hydroxylation sites is 1. The lowest BCUT2D eigenvalue weighted by Crippen LogP contribution is -2.20. The Morgan fingerprint density at radius 1 is 0.903 bits per heavy atom. The van der Waals surface area contributed by atoms with E-state index in [1.54, 1.807) is 23.5 Å². The van der Waals surface area contributed by atoms with Crippen LogP contribution in [0.3, 0.4) is 0 Å². The molecule has 4 rings (SSSR count). The summed E-state index contributed by atoms with van der Waals surface area (Å²) in [5.74, 6) is -0.637. The first-order valence-corrected chi connectivity index (χ1v) is 11.0. The number of Topliss-reactive ketones (excluding diaryl/α,β-unsaturated/α-hetero) is 1. The van der Waals surface area contributed by atoms with Crippen molar-refractivity contribution in [3.05, 3.63) is 100 Å². The monoisotopic (exact) mass is 429 g/mol. The summed E-state index contributed by atoms with van der Waals surface area (Å²) in [6, 6.07) is 22.7. The maximum absolute atomic E-state index is 13.2. The fourth-order valence-electron chi connectivity index (χ4n) is 3.31. The molecule has 0 aliphatic carbocycles. The van der Waals surface area contributed by atoms with E-state index >= 15 is 0 Å². The van der Waals surface area contributed by atoms with Crippen LogP contribution in [0.15, 0.2) is 72.8 Å². The molecule has 0 spiro atoms. The Morgan fingerprint density at radius 2 is 1.55 bits per heavy atom. The van der Waals surface area contributed by atoms with Gasteiger partial charge in [0.2, 0.25) is 5.78 Å². The van der Waals surface area contributed by atoms with Gasteiger partial charge in [-0.3, -0.25) is 9.59 Å². The molecule has 0 radical (unpaired) electrons. The molecule has 0 bridgehead atoms. The van der Waals surface area contributed by atoms with Gasteiger partial charge in [-0.25, -0.2) is 4.98 Å². The minimum Gasteiger partial charge on any atom is -0.449 e. The SMILES string of the molecule is Cc1ccc(C(=O)[C@@H](OC(=O)CCc2nc3ccccc3s2)c2ccc(C)cc2)cc1. The van der Waals surface area contributed by atoms with Crippen molar-refractivity contribution in [3.63, 3.8) is 0 Å². The fraction of sp³-hybridized carbons (Fsp3) is 0.192. The number of fused-ring (bicyclic) bond motifs is 1. The van der Waals surface area contributed by atoms with Gasteiger partial charge in [0.05, 0.1) is 21.6 Å². The van der Waals surface area contributed by atoms with E-state index in [2.05, 4.69) is 4.98 Å². The molecule has 0 unspecified atom stereocenters. The lowest BCUT2D eigenvalue weighted by atomic mass is 9.98. The smallest absolute Gasteiger partial charge is 0.307 e. The molecule has 5 heteroatoms. The number of hydrogen-bond donors (Lipinski definition) is 0. The second-order valence-electron chi connectivity index (χ2n) is 7.59. The summed E-state index contributed by atoms with van der Waals surface area (Å²) in [4.78, 5) is 30.4. The number of ether oxygens (including phenoxy) is 1. The molecule has 0 fully saturated rings. The van der Waals surface area contributed by atoms with Gasteiger partial charge in [0.25, 0.3) is 0 Å². The molecular weight excluding hydrogens is 406 g/mol. The highest BCUT2D eigenvalue weighted by Gasteiger charge is 2.26. The van der Waals surface area contributed by atoms with Crippen LogP contribution in [0.4, 0.5) is 0 Å². The zero-order valence-corrected chi connectivity index (χ0v) is 18.3. The third kappa shape index (κ3) is 5.06. The number of ketones is 1. The third-order valence-corrected chi connectivity index (χ3v) is 6.18. The van der Waals surface area contributed by atoms with Crippen LogP contribution in [0.1, 0.15) is 44.6 Å². The molecule has 0 saturated carbocycles. The first-order chi connectivity index (χ1) is 15.0. The lowest BCUT2D eigenvalue weighted by molar-refractivity contribution is -0.147. The van der Waals surface area contributed by atoms with Gasteiger partial charge in [0.1, 0.15) is 0 Å². The van der Waals surface area contributed by atoms with Crippen molar-refractivity contribution in [3.8, 4) is 0 Å². The predicted octanol–water partition coefficient (Wildman–Crippen LogP) is 6.01. The fourth-order valence-corrected chi connectivity index (χ4v) is 4.28. The molecule has 0 amide bonds. The summed E-state index contributed by atoms with van der Waals surface area (Å²) in [6.07, 6.45) is -0.313. The molecule has 0 saturated heterocycles. The number of benzene rings is 3. The molecule has 31 heavy (non-hydrogen) atoms. The highest BCUT2D eigenvalue weighted by molar-refractivity contribution is 7.18. The summed E-state index contributed by atoms with van der Waals surface area (Å²) in [7, 11) is 0. The first-order valence-electron chi connectivity index (χ1n) is 10.2. The van der Waals surface area contributed by atoms with Gasteiger partial charge < -0.3 is 4.74 Å². The molecule has 4 nitrogen and oxygen atoms in total. The maximum Gasteiger partial charge on any atom is 0.307 e. The minimum atomic E-state index is -0.967. The number of aromatic nitrogens is 1. The van der Waals surface area contributed by atoms with Crippen LogP contribution >= 0.6 is 11.3 Å². The Bertz CT molecular complexity index is 1180. The average Bonchev–Trinajstić information content (AvgIpc) is 3.20. The van der Waals surface area contributed by atoms with Crippen molar-refractivity contribution in [1.82, 2.24) is 4.98 Å². The van der Waals surface area contributed by atoms with E-state index in [1.165, 1.54) is 0 Å². The minimum absolute atomic E-state index is 0.170. The summed E-state index contributed by atoms with van der Waals surface area (Å²) in [6.45, 7) is 3.94. The number of carbonyl (C=O) groups is 2. The number of esters is 1. The van der Waals surface area contributed by atoms with Gasteiger partial charge in [-0.15, -0.1) is 11.3 Å². The number of hydrogen-bond acceptors (Lipinski definition) is 5. The maximum atomic E-state index is 13.2. The second kappa shape index (κ2) is 9.23. The van der Waals surface area contributed by atoms with Crippen molar-refractivity contribution < 1.29 is 14.3 Å². The molecule has 1 heterocycles. The zero-order chi connectivity index (χ0) is 21.8. The Kier molecular flexibility index (Phi) is 6.23. The molecule has 1 atom stereocenters. The van der Waals surface area contributed by atoms with E-state index in [0.717, 1.165) is 26.4 Å². The number of thiazole rings is 1. The largest absolute Gasteiger partial charge is 0.449 e. The van der Waals surface area contributed by atoms with Crippen molar-refractivity contribution in [2.45, 2.75) is 32.8 Å². The van der Waals surface area contributed by atoms with Crippen molar-refractivity contribution in [1.29, 1.82) is 0 Å². The van der Waals surface area contributed by atoms with Crippen LogP contribution in [0.5, 0.6) is 0 Å². The Balaban J connectivity index is 1.50. The number of carbonyl (C=O) groups excluding carboxylic acids is 2. The number of rotatable bonds is 7. The van der Waals surface area contributed by atoms with E-state index < -0.39 is 12.1 Å². The van der Waals surface area contributed by atoms with E-state index in [-0.39, 0.29) is 12.2 Å². The molecule has 0 N–H and O–H groups in total. The highest BCUT2D eigenvalue weighted by Crippen LogP contribution is 2.26. The Morgan fingerprint density at radius 3 is 2.23 bits per heavy atom. The van der Waals surface area contributed by atoms with Crippen molar-refractivity contribution in [2.75, 3.05) is 0 Å². The van der Waals surface area contributed by atoms with Gasteiger partial charge in [-0.05, 0) is 26.0 Å². The van der Waals surface area contributed by atoms with E-state index in [1.807, 2.05) is 74.5 Å². The van der Waals surface area contributed by atoms with Gasteiger partial charge >= 0.3 is 5.97 Å². The predicted molar refractivity (Wildman–Crippen MR) is 123 cm³/mol. The summed E-state index contributed by atoms with van der Waals surface area (Å²) < 4.78 is 6.80. The van der Waals surface area contributed by atoms with E-state index in [9.17, 15) is 9.59 Å². The van der Waals surface area contributed by atoms with Crippen LogP contribution in [0.25, 0.3) is 10.2 Å². The van der Waals surface area contributed by atoms with Gasteiger partial charge in [0, 0.05) is 17.5 Å². The Labute approximate surface area is 185 Å². The Hall–Kier alpha value is -3.31. The first kappa shape index (κ1) is 20.9. The van der Waals surface area contributed by atoms with Crippen LogP contribution in [0.2, 0.25) is 0 Å². The van der Waals surface area contributed by atoms with E-state index in [0.29, 0.717) is 17.5 Å². The summed E-state index contributed by atoms with van der Waals surface area (Å²) in [5, 5.41) is 0.884. The normalized spacial score (nSPS) is 11.9. The number of aryl methyl sites for hydroxylation is 3. The molecule has 4 aromatic rings. The van der Waals surface area contributed by atoms with Crippen LogP contribution in [-0.4, -0.2) is 16.7 Å². The van der Waals surface area contributed by atoms with Crippen LogP contribution in [0, 0.1) is 13.8 Å². The van der Waals surface area contributed by atoms with E-state index in [4.69, 9.17) is 4.74 Å². The van der Waals surface area contributed by atoms with Gasteiger partial charge in [-0.2, -0.15) is 0 Å². The zero-order valence-electron chi connectivity index (χ0n) is 17.5. The highest BCUT2D eigenvalue weighted by atomic mass is 32.1. The number of nitrogens with zero attached hydrogens (tertiary/aromatic N) is 1. The molecule has 1 aromatic heterocycles. The topological polar surface area (TPSA) is 56.3 Å². The summed E-state index contributed by atoms with van der Waals surface area (Å²) in [5.41, 5.74) is 4.27. The van der Waals surface area contributed by atoms with Gasteiger partial charge in [-0.1, -0.05) is 71.8 Å². The van der Waals surface area contributed by atoms with Gasteiger partial charge in [0.15, 0.2) is 6.10 Å². The third-order valence-electron chi connectivity index (χ3n) is 5.08. The quantitative estimate of drug-likeness (QED) is 0.266. The molecular formula is C26H23NO3S. The molecule has 0 aliphatic rings. The van der Waals surface area contributed by atoms with Crippen molar-refractivity contribution >= 4 is 33.3 Å². The van der Waals surface area contributed by atoms with Crippen molar-refractivity contribution in [2.24, 2.45) is 0 Å². The van der Waals surface area contributed by atoms with Crippen LogP contribution in [-0.2, 0) is 16.0 Å². The molecule has 0 aliphatic heterocycles.